The molecule has 0 spiro atoms. The number of ketones is 1. The Kier molecular flexibility index (Phi) is 16.4. The summed E-state index contributed by atoms with van der Waals surface area (Å²) in [5, 5.41) is 16.3. The molecule has 0 unspecified atom stereocenters. The van der Waals surface area contributed by atoms with Gasteiger partial charge in [-0.15, -0.1) is 0 Å². The Hall–Kier alpha value is -7.81. The molecule has 0 aliphatic heterocycles. The van der Waals surface area contributed by atoms with Gasteiger partial charge < -0.3 is 25.2 Å². The number of aromatic hydroxyl groups is 1. The number of para-hydroxylation sites is 1. The molecule has 2 aliphatic carbocycles. The van der Waals surface area contributed by atoms with E-state index in [1.54, 1.807) is 108 Å². The van der Waals surface area contributed by atoms with Gasteiger partial charge in [0.05, 0.1) is 53.8 Å². The summed E-state index contributed by atoms with van der Waals surface area (Å²) >= 11 is 3.43. The normalized spacial score (nSPS) is 13.5. The molecule has 2 aliphatic rings. The molecule has 7 aromatic rings. The molecule has 0 saturated heterocycles. The molecule has 21 heteroatoms. The number of fused-ring (bicyclic) bond motifs is 2. The molecule has 2 saturated carbocycles. The second-order valence-corrected chi connectivity index (χ2v) is 22.1. The number of nitrogens with one attached hydrogen (secondary N) is 2. The number of imidazole rings is 2. The van der Waals surface area contributed by atoms with E-state index < -0.39 is 55.1 Å². The van der Waals surface area contributed by atoms with Crippen molar-refractivity contribution in [2.24, 2.45) is 0 Å². The number of hydrogen-bond acceptors (Lipinski definition) is 10. The van der Waals surface area contributed by atoms with Crippen molar-refractivity contribution in [1.29, 1.82) is 0 Å². The maximum Gasteiger partial charge on any atom is 0.415 e. The number of anilines is 2. The van der Waals surface area contributed by atoms with Crippen LogP contribution in [0.4, 0.5) is 38.5 Å². The lowest BCUT2D eigenvalue weighted by Gasteiger charge is -2.27. The second kappa shape index (κ2) is 22.6. The largest absolute Gasteiger partial charge is 0.507 e. The Morgan fingerprint density at radius 1 is 0.654 bits per heavy atom. The number of aryl methyl sites for hydroxylation is 2. The number of nitrogens with zero attached hydrogens (tertiary/aromatic N) is 6. The first-order chi connectivity index (χ1) is 36.7. The number of phenolic OH excluding ortho intramolecular Hbond substituents is 1. The van der Waals surface area contributed by atoms with E-state index in [2.05, 4.69) is 36.5 Å². The van der Waals surface area contributed by atoms with Crippen LogP contribution in [0.5, 0.6) is 5.75 Å². The van der Waals surface area contributed by atoms with Gasteiger partial charge in [-0.25, -0.2) is 37.1 Å². The first kappa shape index (κ1) is 56.4. The summed E-state index contributed by atoms with van der Waals surface area (Å²) in [6, 6.07) is 20.0. The van der Waals surface area contributed by atoms with Crippen molar-refractivity contribution >= 4 is 68.4 Å². The lowest BCUT2D eigenvalue weighted by Crippen LogP contribution is -2.40. The van der Waals surface area contributed by atoms with Gasteiger partial charge in [0.1, 0.15) is 17.0 Å². The minimum atomic E-state index is -2.92. The van der Waals surface area contributed by atoms with E-state index in [9.17, 15) is 46.6 Å². The molecule has 4 amide bonds. The number of hydrogen-bond donors (Lipinski definition) is 3. The number of amides is 4. The maximum absolute atomic E-state index is 13.8. The number of pyridine rings is 2. The highest BCUT2D eigenvalue weighted by Crippen LogP contribution is 2.35. The van der Waals surface area contributed by atoms with Crippen LogP contribution in [-0.2, 0) is 9.47 Å². The van der Waals surface area contributed by atoms with Crippen LogP contribution in [-0.4, -0.2) is 103 Å². The Morgan fingerprint density at radius 2 is 1.09 bits per heavy atom. The van der Waals surface area contributed by atoms with Gasteiger partial charge in [-0.1, -0.05) is 24.3 Å². The Morgan fingerprint density at radius 3 is 1.50 bits per heavy atom. The van der Waals surface area contributed by atoms with Crippen molar-refractivity contribution < 1.29 is 56.1 Å². The number of carbonyl (C=O) groups is 5. The predicted octanol–water partition coefficient (Wildman–Crippen LogP) is 12.1. The maximum atomic E-state index is 13.8. The summed E-state index contributed by atoms with van der Waals surface area (Å²) in [5.74, 6) is -1.11. The molecular weight excluding hydrogens is 1080 g/mol. The van der Waals surface area contributed by atoms with E-state index in [4.69, 9.17) is 9.47 Å². The fourth-order valence-electron chi connectivity index (χ4n) is 8.47. The van der Waals surface area contributed by atoms with Crippen LogP contribution < -0.4 is 20.4 Å². The van der Waals surface area contributed by atoms with E-state index in [0.29, 0.717) is 43.8 Å². The third-order valence-electron chi connectivity index (χ3n) is 12.4. The zero-order valence-electron chi connectivity index (χ0n) is 44.2. The van der Waals surface area contributed by atoms with Gasteiger partial charge in [0.15, 0.2) is 17.1 Å². The third-order valence-corrected chi connectivity index (χ3v) is 12.8. The van der Waals surface area contributed by atoms with E-state index in [-0.39, 0.29) is 57.8 Å². The molecule has 2 fully saturated rings. The number of carbonyl (C=O) groups excluding carboxylic acids is 5. The summed E-state index contributed by atoms with van der Waals surface area (Å²) in [4.78, 5) is 75.4. The van der Waals surface area contributed by atoms with E-state index in [0.717, 1.165) is 46.6 Å². The monoisotopic (exact) mass is 1140 g/mol. The zero-order valence-corrected chi connectivity index (χ0v) is 45.8. The van der Waals surface area contributed by atoms with Gasteiger partial charge in [-0.2, -0.15) is 0 Å². The van der Waals surface area contributed by atoms with Crippen LogP contribution in [0.25, 0.3) is 33.8 Å². The Balaban J connectivity index is 0.000000210. The van der Waals surface area contributed by atoms with E-state index >= 15 is 0 Å². The minimum absolute atomic E-state index is 0.00554. The average molecular weight is 1140 g/mol. The van der Waals surface area contributed by atoms with Gasteiger partial charge >= 0.3 is 12.2 Å². The fourth-order valence-corrected chi connectivity index (χ4v) is 8.89. The van der Waals surface area contributed by atoms with Crippen LogP contribution in [0, 0.1) is 13.8 Å². The van der Waals surface area contributed by atoms with Crippen molar-refractivity contribution in [3.63, 3.8) is 0 Å². The highest BCUT2D eigenvalue weighted by molar-refractivity contribution is 9.10. The fraction of sp³-hybridized carbons (Fsp3) is 0.351. The molecular formula is C57H59BrF4N8O8. The molecule has 3 aromatic carbocycles. The second-order valence-electron chi connectivity index (χ2n) is 21.2. The standard InChI is InChI=1S/C32H32F2N4O5.C25H27BrF2N4O3/c1-18-13-19(9-12-22(18)30(41)36-21-10-11-21)25-15-35-29-24(38(17-27(33)34)31(42)43-32(2,3)4)14-20(16-37(25)29)28(40)23-7-5-6-8-26(23)39;1-14-9-15(5-8-18(14)23(33)30-17-6-7-17)20-11-29-22-19(10-16(26)12-31(20)22)32(13-21(27)28)24(34)35-25(2,3)4/h5-9,12-16,21,27,39H,10-11,17H2,1-4H3,(H,36,41);5,8-12,17,21H,6-7,13H2,1-4H3,(H,30,33). The minimum Gasteiger partial charge on any atom is -0.507 e. The molecule has 9 rings (SSSR count). The van der Waals surface area contributed by atoms with Gasteiger partial charge in [0.25, 0.3) is 24.7 Å². The number of phenols is 1. The number of benzene rings is 3. The van der Waals surface area contributed by atoms with Crippen molar-refractivity contribution in [2.75, 3.05) is 22.9 Å². The van der Waals surface area contributed by atoms with Crippen LogP contribution in [0.3, 0.4) is 0 Å². The summed E-state index contributed by atoms with van der Waals surface area (Å²) in [6.07, 6.45) is 2.67. The molecule has 0 atom stereocenters. The molecule has 0 bridgehead atoms. The number of alkyl halides is 4. The van der Waals surface area contributed by atoms with Crippen LogP contribution in [0.1, 0.15) is 115 Å². The molecule has 410 valence electrons. The van der Waals surface area contributed by atoms with Crippen molar-refractivity contribution in [2.45, 2.75) is 117 Å². The molecule has 16 nitrogen and oxygen atoms in total. The van der Waals surface area contributed by atoms with E-state index in [1.165, 1.54) is 35.0 Å². The lowest BCUT2D eigenvalue weighted by molar-refractivity contribution is 0.0536. The van der Waals surface area contributed by atoms with Crippen molar-refractivity contribution in [3.8, 4) is 28.3 Å². The highest BCUT2D eigenvalue weighted by atomic mass is 79.9. The quantitative estimate of drug-likeness (QED) is 0.0698. The van der Waals surface area contributed by atoms with Crippen LogP contribution >= 0.6 is 15.9 Å². The third kappa shape index (κ3) is 13.5. The Labute approximate surface area is 455 Å². The molecule has 4 aromatic heterocycles. The summed E-state index contributed by atoms with van der Waals surface area (Å²) in [6.45, 7) is 11.7. The summed E-state index contributed by atoms with van der Waals surface area (Å²) in [5.41, 5.74) is 3.98. The van der Waals surface area contributed by atoms with Crippen LogP contribution in [0.15, 0.2) is 102 Å². The van der Waals surface area contributed by atoms with E-state index in [1.807, 2.05) is 19.1 Å². The summed E-state index contributed by atoms with van der Waals surface area (Å²) in [7, 11) is 0. The summed E-state index contributed by atoms with van der Waals surface area (Å²) < 4.78 is 69.2. The number of ether oxygens (including phenoxy) is 2. The first-order valence-electron chi connectivity index (χ1n) is 25.2. The molecule has 78 heavy (non-hydrogen) atoms. The smallest absolute Gasteiger partial charge is 0.415 e. The lowest BCUT2D eigenvalue weighted by atomic mass is 10.0. The Bertz CT molecular complexity index is 3450. The average Bonchev–Trinajstić information content (AvgIpc) is 4.45. The van der Waals surface area contributed by atoms with Crippen LogP contribution in [0.2, 0.25) is 0 Å². The topological polar surface area (TPSA) is 189 Å². The van der Waals surface area contributed by atoms with Gasteiger partial charge in [-0.3, -0.25) is 33.0 Å². The van der Waals surface area contributed by atoms with Gasteiger partial charge in [-0.05, 0) is 157 Å². The molecule has 3 N–H and O–H groups in total. The highest BCUT2D eigenvalue weighted by Gasteiger charge is 2.32. The number of halogens is 5. The number of rotatable bonds is 14. The zero-order chi connectivity index (χ0) is 56.5. The van der Waals surface area contributed by atoms with Crippen molar-refractivity contribution in [3.05, 3.63) is 135 Å². The SMILES string of the molecule is Cc1cc(-c2cnc3c(N(CC(F)F)C(=O)OC(C)(C)C)cc(Br)cn23)ccc1C(=O)NC1CC1.Cc1cc(-c2cnc3c(N(CC(F)F)C(=O)OC(C)(C)C)cc(C(=O)c4ccccc4O)cn23)ccc1C(=O)NC1CC1. The molecule has 4 heterocycles. The van der Waals surface area contributed by atoms with Crippen molar-refractivity contribution in [1.82, 2.24) is 29.4 Å². The van der Waals surface area contributed by atoms with Gasteiger partial charge in [0.2, 0.25) is 0 Å². The predicted molar refractivity (Wildman–Crippen MR) is 290 cm³/mol. The first-order valence-corrected chi connectivity index (χ1v) is 26.0. The number of aromatic nitrogens is 4. The molecule has 0 radical (unpaired) electrons. The van der Waals surface area contributed by atoms with Gasteiger partial charge in [0, 0.05) is 56.8 Å².